The summed E-state index contributed by atoms with van der Waals surface area (Å²) in [5.74, 6) is 0.428. The summed E-state index contributed by atoms with van der Waals surface area (Å²) >= 11 is 15.2. The number of nitrogens with zero attached hydrogens (tertiary/aromatic N) is 2. The van der Waals surface area contributed by atoms with Crippen molar-refractivity contribution in [1.29, 1.82) is 0 Å². The van der Waals surface area contributed by atoms with Crippen LogP contribution in [0, 0.1) is 5.82 Å². The third-order valence-electron chi connectivity index (χ3n) is 5.08. The lowest BCUT2D eigenvalue weighted by Crippen LogP contribution is -1.87. The molecule has 0 spiro atoms. The van der Waals surface area contributed by atoms with Crippen LogP contribution in [0.2, 0.25) is 10.0 Å². The summed E-state index contributed by atoms with van der Waals surface area (Å²) in [5.41, 5.74) is 3.13. The van der Waals surface area contributed by atoms with E-state index in [1.165, 1.54) is 18.3 Å². The second-order valence-corrected chi connectivity index (χ2v) is 10.4. The Labute approximate surface area is 207 Å². The molecule has 0 saturated carbocycles. The first-order valence-corrected chi connectivity index (χ1v) is 12.5. The van der Waals surface area contributed by atoms with E-state index >= 15 is 0 Å². The lowest BCUT2D eigenvalue weighted by molar-refractivity contribution is 0.475. The van der Waals surface area contributed by atoms with Gasteiger partial charge in [-0.05, 0) is 47.3 Å². The summed E-state index contributed by atoms with van der Waals surface area (Å²) in [6, 6.07) is 19.7. The second kappa shape index (κ2) is 9.31. The maximum Gasteiger partial charge on any atom is 0.151 e. The van der Waals surface area contributed by atoms with Crippen molar-refractivity contribution in [3.8, 4) is 5.75 Å². The summed E-state index contributed by atoms with van der Waals surface area (Å²) in [6.45, 7) is 0. The molecular weight excluding hydrogens is 498 g/mol. The monoisotopic (exact) mass is 512 g/mol. The van der Waals surface area contributed by atoms with Gasteiger partial charge in [-0.15, -0.1) is 11.3 Å². The van der Waals surface area contributed by atoms with Gasteiger partial charge < -0.3 is 5.11 Å². The Morgan fingerprint density at radius 2 is 1.85 bits per heavy atom. The fourth-order valence-corrected chi connectivity index (χ4v) is 6.07. The van der Waals surface area contributed by atoms with E-state index in [4.69, 9.17) is 28.2 Å². The smallest absolute Gasteiger partial charge is 0.151 e. The number of hydrogen-bond donors (Lipinski definition) is 1. The second-order valence-electron chi connectivity index (χ2n) is 7.26. The fraction of sp³-hybridized carbons (Fsp3) is 0.0400. The molecule has 5 aromatic rings. The van der Waals surface area contributed by atoms with Gasteiger partial charge in [0.05, 0.1) is 20.9 Å². The topological polar surface area (TPSA) is 45.5 Å². The molecule has 0 radical (unpaired) electrons. The van der Waals surface area contributed by atoms with Gasteiger partial charge in [0.2, 0.25) is 0 Å². The van der Waals surface area contributed by atoms with Crippen LogP contribution in [0.4, 0.5) is 10.1 Å². The quantitative estimate of drug-likeness (QED) is 0.189. The van der Waals surface area contributed by atoms with Crippen molar-refractivity contribution in [1.82, 2.24) is 4.98 Å². The van der Waals surface area contributed by atoms with Gasteiger partial charge in [0.15, 0.2) is 4.34 Å². The Hall–Kier alpha value is -2.64. The zero-order chi connectivity index (χ0) is 22.9. The molecule has 33 heavy (non-hydrogen) atoms. The van der Waals surface area contributed by atoms with Gasteiger partial charge in [-0.2, -0.15) is 0 Å². The number of aromatic hydroxyl groups is 1. The van der Waals surface area contributed by atoms with E-state index in [2.05, 4.69) is 4.99 Å². The molecule has 1 N–H and O–H groups in total. The maximum atomic E-state index is 14.1. The van der Waals surface area contributed by atoms with E-state index in [-0.39, 0.29) is 16.6 Å². The van der Waals surface area contributed by atoms with Crippen LogP contribution in [0.1, 0.15) is 11.1 Å². The Balaban J connectivity index is 1.37. The number of halogens is 3. The van der Waals surface area contributed by atoms with Crippen LogP contribution in [-0.2, 0) is 5.75 Å². The zero-order valence-electron chi connectivity index (χ0n) is 16.9. The predicted octanol–water partition coefficient (Wildman–Crippen LogP) is 8.64. The van der Waals surface area contributed by atoms with Gasteiger partial charge in [0.1, 0.15) is 11.6 Å². The van der Waals surface area contributed by atoms with Gasteiger partial charge in [0, 0.05) is 27.9 Å². The first-order chi connectivity index (χ1) is 16.0. The van der Waals surface area contributed by atoms with E-state index in [1.807, 2.05) is 42.5 Å². The summed E-state index contributed by atoms with van der Waals surface area (Å²) in [7, 11) is 0. The fourth-order valence-electron chi connectivity index (χ4n) is 3.45. The Bertz CT molecular complexity index is 1530. The standard InChI is InChI=1S/C25H15Cl2FN2OS2/c26-16-9-15(24(31)20(27)10-16)12-29-17-6-8-22-23(11-17)33-25(30-22)32-13-14-5-7-21(28)19-4-2-1-3-18(14)19/h1-12,31H,13H2. The Kier molecular flexibility index (Phi) is 6.25. The molecule has 0 atom stereocenters. The molecule has 0 aliphatic heterocycles. The minimum Gasteiger partial charge on any atom is -0.506 e. The molecule has 5 rings (SSSR count). The number of thiazole rings is 1. The molecule has 4 aromatic carbocycles. The minimum absolute atomic E-state index is 0.0595. The van der Waals surface area contributed by atoms with E-state index in [0.29, 0.717) is 21.7 Å². The van der Waals surface area contributed by atoms with E-state index in [9.17, 15) is 9.50 Å². The third kappa shape index (κ3) is 4.70. The highest BCUT2D eigenvalue weighted by Crippen LogP contribution is 2.35. The molecule has 0 aliphatic carbocycles. The van der Waals surface area contributed by atoms with Crippen molar-refractivity contribution < 1.29 is 9.50 Å². The van der Waals surface area contributed by atoms with Crippen LogP contribution >= 0.6 is 46.3 Å². The summed E-state index contributed by atoms with van der Waals surface area (Å²) in [4.78, 5) is 9.15. The number of phenolic OH excluding ortho intramolecular Hbond substituents is 1. The van der Waals surface area contributed by atoms with Crippen LogP contribution in [-0.4, -0.2) is 16.3 Å². The van der Waals surface area contributed by atoms with Gasteiger partial charge in [-0.3, -0.25) is 4.99 Å². The number of hydrogen-bond acceptors (Lipinski definition) is 5. The van der Waals surface area contributed by atoms with Crippen LogP contribution in [0.3, 0.4) is 0 Å². The first-order valence-electron chi connectivity index (χ1n) is 9.89. The Morgan fingerprint density at radius 1 is 1.03 bits per heavy atom. The third-order valence-corrected chi connectivity index (χ3v) is 7.79. The average molecular weight is 513 g/mol. The van der Waals surface area contributed by atoms with E-state index < -0.39 is 0 Å². The maximum absolute atomic E-state index is 14.1. The molecule has 1 aromatic heterocycles. The molecule has 0 aliphatic rings. The van der Waals surface area contributed by atoms with Crippen molar-refractivity contribution in [2.45, 2.75) is 10.1 Å². The number of benzene rings is 4. The number of rotatable bonds is 5. The highest BCUT2D eigenvalue weighted by Gasteiger charge is 2.10. The normalized spacial score (nSPS) is 11.7. The van der Waals surface area contributed by atoms with Gasteiger partial charge >= 0.3 is 0 Å². The van der Waals surface area contributed by atoms with Crippen LogP contribution in [0.15, 0.2) is 76.1 Å². The highest BCUT2D eigenvalue weighted by atomic mass is 35.5. The average Bonchev–Trinajstić information content (AvgIpc) is 3.22. The van der Waals surface area contributed by atoms with Crippen molar-refractivity contribution in [2.75, 3.05) is 0 Å². The van der Waals surface area contributed by atoms with Crippen LogP contribution < -0.4 is 0 Å². The zero-order valence-corrected chi connectivity index (χ0v) is 20.1. The number of fused-ring (bicyclic) bond motifs is 2. The molecule has 164 valence electrons. The number of aromatic nitrogens is 1. The number of thioether (sulfide) groups is 1. The molecule has 0 unspecified atom stereocenters. The SMILES string of the molecule is Oc1c(Cl)cc(Cl)cc1C=Nc1ccc2nc(SCc3ccc(F)c4ccccc34)sc2c1. The summed E-state index contributed by atoms with van der Waals surface area (Å²) < 4.78 is 16.0. The highest BCUT2D eigenvalue weighted by molar-refractivity contribution is 8.00. The van der Waals surface area contributed by atoms with Gasteiger partial charge in [-0.25, -0.2) is 9.37 Å². The van der Waals surface area contributed by atoms with E-state index in [1.54, 1.807) is 35.2 Å². The van der Waals surface area contributed by atoms with Crippen molar-refractivity contribution in [3.05, 3.63) is 93.7 Å². The number of aliphatic imine (C=N–C) groups is 1. The molecule has 3 nitrogen and oxygen atoms in total. The molecule has 0 bridgehead atoms. The minimum atomic E-state index is -0.208. The molecule has 1 heterocycles. The molecule has 8 heteroatoms. The molecule has 0 saturated heterocycles. The predicted molar refractivity (Wildman–Crippen MR) is 138 cm³/mol. The van der Waals surface area contributed by atoms with E-state index in [0.717, 1.165) is 31.2 Å². The molecule has 0 amide bonds. The van der Waals surface area contributed by atoms with Gasteiger partial charge in [-0.1, -0.05) is 65.3 Å². The summed E-state index contributed by atoms with van der Waals surface area (Å²) in [5, 5.41) is 12.3. The Morgan fingerprint density at radius 3 is 2.70 bits per heavy atom. The molecule has 0 fully saturated rings. The van der Waals surface area contributed by atoms with Gasteiger partial charge in [0.25, 0.3) is 0 Å². The summed E-state index contributed by atoms with van der Waals surface area (Å²) in [6.07, 6.45) is 1.53. The van der Waals surface area contributed by atoms with Crippen LogP contribution in [0.25, 0.3) is 21.0 Å². The van der Waals surface area contributed by atoms with Crippen molar-refractivity contribution in [2.24, 2.45) is 4.99 Å². The van der Waals surface area contributed by atoms with Crippen LogP contribution in [0.5, 0.6) is 5.75 Å². The lowest BCUT2D eigenvalue weighted by atomic mass is 10.1. The van der Waals surface area contributed by atoms with Crippen molar-refractivity contribution in [3.63, 3.8) is 0 Å². The molecular formula is C25H15Cl2FN2OS2. The first kappa shape index (κ1) is 22.2. The number of phenols is 1. The largest absolute Gasteiger partial charge is 0.506 e. The van der Waals surface area contributed by atoms with Crippen molar-refractivity contribution >= 4 is 79.2 Å². The lowest BCUT2D eigenvalue weighted by Gasteiger charge is -2.06.